The zero-order valence-electron chi connectivity index (χ0n) is 8.11. The number of carbonyl (C=O) groups is 2. The summed E-state index contributed by atoms with van der Waals surface area (Å²) in [7, 11) is 1.30. The molecule has 14 heavy (non-hydrogen) atoms. The van der Waals surface area contributed by atoms with Crippen LogP contribution >= 0.6 is 0 Å². The summed E-state index contributed by atoms with van der Waals surface area (Å²) in [5, 5.41) is 0. The number of ether oxygens (including phenoxy) is 1. The SMILES string of the molecule is CCC(=O)c1ccc(C(=O)OC)cn1. The number of hydrogen-bond donors (Lipinski definition) is 0. The van der Waals surface area contributed by atoms with Crippen LogP contribution in [0.15, 0.2) is 18.3 Å². The van der Waals surface area contributed by atoms with Gasteiger partial charge in [0.05, 0.1) is 12.7 Å². The minimum absolute atomic E-state index is 0.0404. The highest BCUT2D eigenvalue weighted by Crippen LogP contribution is 2.03. The fourth-order valence-electron chi connectivity index (χ4n) is 0.979. The molecule has 0 saturated carbocycles. The highest BCUT2D eigenvalue weighted by Gasteiger charge is 2.08. The van der Waals surface area contributed by atoms with E-state index in [1.54, 1.807) is 6.92 Å². The molecule has 1 rings (SSSR count). The number of carbonyl (C=O) groups excluding carboxylic acids is 2. The summed E-state index contributed by atoms with van der Waals surface area (Å²) in [6.45, 7) is 1.76. The van der Waals surface area contributed by atoms with Crippen molar-refractivity contribution in [3.63, 3.8) is 0 Å². The minimum Gasteiger partial charge on any atom is -0.465 e. The average molecular weight is 193 g/mol. The van der Waals surface area contributed by atoms with E-state index in [0.29, 0.717) is 17.7 Å². The van der Waals surface area contributed by atoms with E-state index >= 15 is 0 Å². The first-order valence-electron chi connectivity index (χ1n) is 4.26. The van der Waals surface area contributed by atoms with E-state index in [-0.39, 0.29) is 5.78 Å². The lowest BCUT2D eigenvalue weighted by Crippen LogP contribution is -2.05. The van der Waals surface area contributed by atoms with Crippen LogP contribution in [-0.2, 0) is 4.74 Å². The lowest BCUT2D eigenvalue weighted by Gasteiger charge is -1.99. The van der Waals surface area contributed by atoms with Gasteiger partial charge in [-0.3, -0.25) is 9.78 Å². The first-order valence-corrected chi connectivity index (χ1v) is 4.26. The molecule has 0 N–H and O–H groups in total. The molecule has 0 saturated heterocycles. The van der Waals surface area contributed by atoms with E-state index in [9.17, 15) is 9.59 Å². The Morgan fingerprint density at radius 2 is 2.14 bits per heavy atom. The summed E-state index contributed by atoms with van der Waals surface area (Å²) in [6, 6.07) is 3.06. The van der Waals surface area contributed by atoms with Crippen molar-refractivity contribution in [2.45, 2.75) is 13.3 Å². The molecule has 0 fully saturated rings. The quantitative estimate of drug-likeness (QED) is 0.538. The smallest absolute Gasteiger partial charge is 0.339 e. The minimum atomic E-state index is -0.451. The molecule has 0 radical (unpaired) electrons. The van der Waals surface area contributed by atoms with Gasteiger partial charge < -0.3 is 4.74 Å². The van der Waals surface area contributed by atoms with E-state index in [1.165, 1.54) is 25.4 Å². The maximum absolute atomic E-state index is 11.2. The molecule has 0 aliphatic heterocycles. The van der Waals surface area contributed by atoms with Crippen molar-refractivity contribution in [2.24, 2.45) is 0 Å². The summed E-state index contributed by atoms with van der Waals surface area (Å²) >= 11 is 0. The van der Waals surface area contributed by atoms with Crippen LogP contribution in [0.4, 0.5) is 0 Å². The lowest BCUT2D eigenvalue weighted by molar-refractivity contribution is 0.0600. The number of pyridine rings is 1. The molecule has 1 heterocycles. The summed E-state index contributed by atoms with van der Waals surface area (Å²) in [5.41, 5.74) is 0.723. The molecule has 0 aliphatic carbocycles. The second-order valence-corrected chi connectivity index (χ2v) is 2.70. The molecular formula is C10H11NO3. The fraction of sp³-hybridized carbons (Fsp3) is 0.300. The van der Waals surface area contributed by atoms with Gasteiger partial charge in [-0.15, -0.1) is 0 Å². The maximum atomic E-state index is 11.2. The van der Waals surface area contributed by atoms with E-state index in [1.807, 2.05) is 0 Å². The molecule has 74 valence electrons. The number of Topliss-reactive ketones (excluding diaryl/α,β-unsaturated/α-hetero) is 1. The summed E-state index contributed by atoms with van der Waals surface area (Å²) < 4.78 is 4.50. The number of ketones is 1. The van der Waals surface area contributed by atoms with Gasteiger partial charge in [0, 0.05) is 12.6 Å². The molecule has 0 aliphatic rings. The van der Waals surface area contributed by atoms with Gasteiger partial charge in [-0.2, -0.15) is 0 Å². The van der Waals surface area contributed by atoms with Crippen molar-refractivity contribution in [3.05, 3.63) is 29.6 Å². The van der Waals surface area contributed by atoms with Gasteiger partial charge in [0.25, 0.3) is 0 Å². The van der Waals surface area contributed by atoms with Gasteiger partial charge in [-0.05, 0) is 12.1 Å². The Hall–Kier alpha value is -1.71. The van der Waals surface area contributed by atoms with Gasteiger partial charge in [-0.25, -0.2) is 4.79 Å². The highest BCUT2D eigenvalue weighted by molar-refractivity contribution is 5.95. The molecule has 0 spiro atoms. The summed E-state index contributed by atoms with van der Waals surface area (Å²) in [4.78, 5) is 26.1. The summed E-state index contributed by atoms with van der Waals surface area (Å²) in [6.07, 6.45) is 1.75. The van der Waals surface area contributed by atoms with Crippen molar-refractivity contribution in [1.29, 1.82) is 0 Å². The Balaban J connectivity index is 2.89. The van der Waals surface area contributed by atoms with Gasteiger partial charge in [0.15, 0.2) is 5.78 Å². The zero-order chi connectivity index (χ0) is 10.6. The molecule has 0 aromatic carbocycles. The Bertz CT molecular complexity index is 308. The Morgan fingerprint density at radius 3 is 2.57 bits per heavy atom. The van der Waals surface area contributed by atoms with Gasteiger partial charge >= 0.3 is 5.97 Å². The first-order chi connectivity index (χ1) is 6.69. The van der Waals surface area contributed by atoms with Crippen LogP contribution in [-0.4, -0.2) is 23.8 Å². The van der Waals surface area contributed by atoms with E-state index in [4.69, 9.17) is 0 Å². The van der Waals surface area contributed by atoms with Crippen LogP contribution in [0.5, 0.6) is 0 Å². The van der Waals surface area contributed by atoms with Crippen molar-refractivity contribution in [1.82, 2.24) is 4.98 Å². The van der Waals surface area contributed by atoms with Crippen molar-refractivity contribution >= 4 is 11.8 Å². The Morgan fingerprint density at radius 1 is 1.43 bits per heavy atom. The molecule has 0 bridgehead atoms. The maximum Gasteiger partial charge on any atom is 0.339 e. The topological polar surface area (TPSA) is 56.3 Å². The average Bonchev–Trinajstić information content (AvgIpc) is 2.27. The van der Waals surface area contributed by atoms with Gasteiger partial charge in [-0.1, -0.05) is 6.92 Å². The molecular weight excluding hydrogens is 182 g/mol. The third-order valence-corrected chi connectivity index (χ3v) is 1.79. The van der Waals surface area contributed by atoms with Crippen LogP contribution < -0.4 is 0 Å². The largest absolute Gasteiger partial charge is 0.465 e. The van der Waals surface area contributed by atoms with Crippen molar-refractivity contribution < 1.29 is 14.3 Å². The van der Waals surface area contributed by atoms with E-state index in [0.717, 1.165) is 0 Å². The van der Waals surface area contributed by atoms with Crippen LogP contribution in [0, 0.1) is 0 Å². The van der Waals surface area contributed by atoms with Crippen molar-refractivity contribution in [2.75, 3.05) is 7.11 Å². The number of hydrogen-bond acceptors (Lipinski definition) is 4. The Kier molecular flexibility index (Phi) is 3.34. The van der Waals surface area contributed by atoms with Gasteiger partial charge in [0.1, 0.15) is 5.69 Å². The molecule has 0 atom stereocenters. The number of rotatable bonds is 3. The molecule has 1 aromatic heterocycles. The molecule has 1 aromatic rings. The van der Waals surface area contributed by atoms with Crippen molar-refractivity contribution in [3.8, 4) is 0 Å². The fourth-order valence-corrected chi connectivity index (χ4v) is 0.979. The van der Waals surface area contributed by atoms with Crippen LogP contribution in [0.2, 0.25) is 0 Å². The third-order valence-electron chi connectivity index (χ3n) is 1.79. The lowest BCUT2D eigenvalue weighted by atomic mass is 10.2. The number of esters is 1. The second-order valence-electron chi connectivity index (χ2n) is 2.70. The predicted octanol–water partition coefficient (Wildman–Crippen LogP) is 1.46. The van der Waals surface area contributed by atoms with E-state index < -0.39 is 5.97 Å². The van der Waals surface area contributed by atoms with Crippen LogP contribution in [0.25, 0.3) is 0 Å². The predicted molar refractivity (Wildman–Crippen MR) is 50.2 cm³/mol. The Labute approximate surface area is 81.9 Å². The molecule has 0 unspecified atom stereocenters. The first kappa shape index (κ1) is 10.4. The molecule has 4 heteroatoms. The summed E-state index contributed by atoms with van der Waals surface area (Å²) in [5.74, 6) is -0.491. The normalized spacial score (nSPS) is 9.57. The number of methoxy groups -OCH3 is 1. The molecule has 0 amide bonds. The number of aromatic nitrogens is 1. The number of nitrogens with zero attached hydrogens (tertiary/aromatic N) is 1. The molecule has 4 nitrogen and oxygen atoms in total. The highest BCUT2D eigenvalue weighted by atomic mass is 16.5. The van der Waals surface area contributed by atoms with Crippen LogP contribution in [0.3, 0.4) is 0 Å². The zero-order valence-corrected chi connectivity index (χ0v) is 8.11. The standard InChI is InChI=1S/C10H11NO3/c1-3-9(12)8-5-4-7(6-11-8)10(13)14-2/h4-6H,3H2,1-2H3. The van der Waals surface area contributed by atoms with Crippen LogP contribution in [0.1, 0.15) is 34.2 Å². The third kappa shape index (κ3) is 2.16. The van der Waals surface area contributed by atoms with Gasteiger partial charge in [0.2, 0.25) is 0 Å². The van der Waals surface area contributed by atoms with E-state index in [2.05, 4.69) is 9.72 Å². The second kappa shape index (κ2) is 4.50. The monoisotopic (exact) mass is 193 g/mol.